The van der Waals surface area contributed by atoms with Crippen LogP contribution in [0.2, 0.25) is 0 Å². The number of nitrogens with one attached hydrogen (secondary N) is 1. The third kappa shape index (κ3) is 3.42. The van der Waals surface area contributed by atoms with Gasteiger partial charge in [0, 0.05) is 16.5 Å². The molecule has 0 unspecified atom stereocenters. The van der Waals surface area contributed by atoms with E-state index in [1.165, 1.54) is 5.56 Å². The van der Waals surface area contributed by atoms with Gasteiger partial charge in [-0.05, 0) is 65.8 Å². The topological polar surface area (TPSA) is 81.2 Å². The van der Waals surface area contributed by atoms with Crippen molar-refractivity contribution in [2.75, 3.05) is 5.32 Å². The van der Waals surface area contributed by atoms with Crippen molar-refractivity contribution in [3.63, 3.8) is 0 Å². The second kappa shape index (κ2) is 7.54. The van der Waals surface area contributed by atoms with Crippen molar-refractivity contribution in [1.82, 2.24) is 10.3 Å². The first kappa shape index (κ1) is 18.9. The van der Waals surface area contributed by atoms with Gasteiger partial charge in [0.2, 0.25) is 5.82 Å². The third-order valence-electron chi connectivity index (χ3n) is 5.24. The summed E-state index contributed by atoms with van der Waals surface area (Å²) in [6.45, 7) is 8.04. The van der Waals surface area contributed by atoms with Gasteiger partial charge < -0.3 is 4.42 Å². The lowest BCUT2D eigenvalue weighted by molar-refractivity contribution is 0.0997. The second-order valence-corrected chi connectivity index (χ2v) is 7.17. The zero-order valence-corrected chi connectivity index (χ0v) is 17.0. The van der Waals surface area contributed by atoms with Crippen LogP contribution in [0.3, 0.4) is 0 Å². The molecule has 1 amide bonds. The molecule has 0 radical (unpaired) electrons. The van der Waals surface area contributed by atoms with Crippen LogP contribution in [-0.4, -0.2) is 16.2 Å². The number of carbonyl (C=O) groups excluding carboxylic acids is 1. The van der Waals surface area contributed by atoms with Crippen LogP contribution in [0.4, 0.5) is 5.82 Å². The number of aromatic nitrogens is 2. The number of carbonyl (C=O) groups is 1. The Morgan fingerprint density at radius 2 is 1.86 bits per heavy atom. The summed E-state index contributed by atoms with van der Waals surface area (Å²) in [5.41, 5.74) is 6.29. The number of fused-ring (bicyclic) bond motifs is 1. The van der Waals surface area contributed by atoms with E-state index in [2.05, 4.69) is 47.7 Å². The largest absolute Gasteiger partial charge is 0.451 e. The van der Waals surface area contributed by atoms with E-state index in [1.54, 1.807) is 0 Å². The Labute approximate surface area is 168 Å². The fourth-order valence-corrected chi connectivity index (χ4v) is 3.53. The Morgan fingerprint density at radius 1 is 1.03 bits per heavy atom. The maximum Gasteiger partial charge on any atom is 0.292 e. The van der Waals surface area contributed by atoms with E-state index in [9.17, 15) is 4.79 Å². The van der Waals surface area contributed by atoms with Crippen molar-refractivity contribution in [2.24, 2.45) is 0 Å². The lowest BCUT2D eigenvalue weighted by Crippen LogP contribution is -2.13. The molecule has 4 aromatic rings. The molecule has 1 N–H and O–H groups in total. The molecule has 6 heteroatoms. The van der Waals surface area contributed by atoms with Gasteiger partial charge in [-0.3, -0.25) is 10.1 Å². The molecule has 0 bridgehead atoms. The molecule has 0 saturated heterocycles. The third-order valence-corrected chi connectivity index (χ3v) is 5.24. The van der Waals surface area contributed by atoms with Crippen molar-refractivity contribution in [3.05, 3.63) is 64.4 Å². The van der Waals surface area contributed by atoms with Crippen LogP contribution < -0.4 is 5.32 Å². The van der Waals surface area contributed by atoms with Crippen LogP contribution in [0, 0.1) is 13.8 Å². The predicted molar refractivity (Wildman–Crippen MR) is 112 cm³/mol. The highest BCUT2D eigenvalue weighted by molar-refractivity contribution is 6.07. The highest BCUT2D eigenvalue weighted by Crippen LogP contribution is 2.31. The molecule has 0 fully saturated rings. The molecule has 29 heavy (non-hydrogen) atoms. The molecule has 0 aliphatic heterocycles. The quantitative estimate of drug-likeness (QED) is 0.489. The van der Waals surface area contributed by atoms with Gasteiger partial charge in [-0.1, -0.05) is 38.1 Å². The fraction of sp³-hybridized carbons (Fsp3) is 0.261. The smallest absolute Gasteiger partial charge is 0.292 e. The molecule has 2 aromatic carbocycles. The molecular weight excluding hydrogens is 366 g/mol. The lowest BCUT2D eigenvalue weighted by atomic mass is 9.98. The van der Waals surface area contributed by atoms with Crippen LogP contribution in [0.5, 0.6) is 0 Å². The van der Waals surface area contributed by atoms with Gasteiger partial charge in [0.1, 0.15) is 5.58 Å². The number of furan rings is 1. The minimum Gasteiger partial charge on any atom is -0.451 e. The Hall–Kier alpha value is -3.41. The summed E-state index contributed by atoms with van der Waals surface area (Å²) in [7, 11) is 0. The molecule has 0 saturated carbocycles. The molecule has 6 nitrogen and oxygen atoms in total. The van der Waals surface area contributed by atoms with Gasteiger partial charge in [0.05, 0.1) is 0 Å². The van der Waals surface area contributed by atoms with Crippen molar-refractivity contribution in [3.8, 4) is 11.3 Å². The Kier molecular flexibility index (Phi) is 4.92. The number of anilines is 1. The summed E-state index contributed by atoms with van der Waals surface area (Å²) < 4.78 is 10.8. The summed E-state index contributed by atoms with van der Waals surface area (Å²) >= 11 is 0. The lowest BCUT2D eigenvalue weighted by Gasteiger charge is -2.09. The van der Waals surface area contributed by atoms with E-state index in [-0.39, 0.29) is 17.5 Å². The minimum absolute atomic E-state index is 0.262. The highest BCUT2D eigenvalue weighted by atomic mass is 16.6. The monoisotopic (exact) mass is 389 g/mol. The zero-order chi connectivity index (χ0) is 20.5. The van der Waals surface area contributed by atoms with Crippen LogP contribution >= 0.6 is 0 Å². The van der Waals surface area contributed by atoms with Gasteiger partial charge >= 0.3 is 0 Å². The van der Waals surface area contributed by atoms with Gasteiger partial charge in [0.15, 0.2) is 11.5 Å². The summed E-state index contributed by atoms with van der Waals surface area (Å²) in [6, 6.07) is 12.1. The maximum absolute atomic E-state index is 12.9. The van der Waals surface area contributed by atoms with E-state index < -0.39 is 0 Å². The van der Waals surface area contributed by atoms with Crippen LogP contribution in [0.25, 0.3) is 22.2 Å². The number of benzene rings is 2. The van der Waals surface area contributed by atoms with Crippen molar-refractivity contribution in [2.45, 2.75) is 40.5 Å². The number of rotatable bonds is 5. The highest BCUT2D eigenvalue weighted by Gasteiger charge is 2.22. The number of hydrogen-bond acceptors (Lipinski definition) is 5. The van der Waals surface area contributed by atoms with E-state index in [0.717, 1.165) is 40.5 Å². The van der Waals surface area contributed by atoms with Gasteiger partial charge in [0.25, 0.3) is 5.91 Å². The van der Waals surface area contributed by atoms with Crippen molar-refractivity contribution in [1.29, 1.82) is 0 Å². The summed E-state index contributed by atoms with van der Waals surface area (Å²) in [5.74, 6) is 0.171. The van der Waals surface area contributed by atoms with Crippen LogP contribution in [0.1, 0.15) is 46.7 Å². The first-order chi connectivity index (χ1) is 14.0. The molecule has 4 rings (SSSR count). The number of hydrogen-bond donors (Lipinski definition) is 1. The first-order valence-electron chi connectivity index (χ1n) is 9.77. The normalized spacial score (nSPS) is 11.2. The van der Waals surface area contributed by atoms with Crippen molar-refractivity contribution >= 4 is 22.7 Å². The fourth-order valence-electron chi connectivity index (χ4n) is 3.53. The summed E-state index contributed by atoms with van der Waals surface area (Å²) in [4.78, 5) is 12.9. The maximum atomic E-state index is 12.9. The molecule has 0 spiro atoms. The first-order valence-corrected chi connectivity index (χ1v) is 9.77. The van der Waals surface area contributed by atoms with E-state index >= 15 is 0 Å². The Balaban J connectivity index is 1.70. The summed E-state index contributed by atoms with van der Waals surface area (Å²) in [5, 5.41) is 11.7. The number of nitrogens with zero attached hydrogens (tertiary/aromatic N) is 2. The Morgan fingerprint density at radius 3 is 2.62 bits per heavy atom. The molecule has 148 valence electrons. The van der Waals surface area contributed by atoms with Gasteiger partial charge in [-0.15, -0.1) is 0 Å². The average Bonchev–Trinajstić information content (AvgIpc) is 3.31. The number of aryl methyl sites for hydroxylation is 4. The Bertz CT molecular complexity index is 1200. The molecule has 0 aliphatic rings. The molecule has 0 atom stereocenters. The predicted octanol–water partition coefficient (Wildman–Crippen LogP) is 5.48. The van der Waals surface area contributed by atoms with Crippen LogP contribution in [-0.2, 0) is 12.8 Å². The van der Waals surface area contributed by atoms with Crippen molar-refractivity contribution < 1.29 is 13.8 Å². The zero-order valence-electron chi connectivity index (χ0n) is 17.0. The van der Waals surface area contributed by atoms with E-state index in [0.29, 0.717) is 11.3 Å². The van der Waals surface area contributed by atoms with E-state index in [1.807, 2.05) is 32.0 Å². The van der Waals surface area contributed by atoms with Crippen LogP contribution in [0.15, 0.2) is 45.4 Å². The molecule has 2 heterocycles. The minimum atomic E-state index is -0.377. The molecule has 0 aliphatic carbocycles. The van der Waals surface area contributed by atoms with Gasteiger partial charge in [-0.25, -0.2) is 4.63 Å². The SMILES string of the molecule is CCc1ccc(CC)c(-c2nonc2NC(=O)c2oc3cc(C)ccc3c2C)c1. The molecule has 2 aromatic heterocycles. The summed E-state index contributed by atoms with van der Waals surface area (Å²) in [6.07, 6.45) is 1.74. The standard InChI is InChI=1S/C23H23N3O3/c1-5-15-8-9-16(6-2)18(12-15)20-22(26-29-25-20)24-23(27)21-14(4)17-10-7-13(3)11-19(17)28-21/h7-12H,5-6H2,1-4H3,(H,24,26,27). The number of amides is 1. The second-order valence-electron chi connectivity index (χ2n) is 7.17. The van der Waals surface area contributed by atoms with E-state index in [4.69, 9.17) is 9.05 Å². The molecular formula is C23H23N3O3. The van der Waals surface area contributed by atoms with Gasteiger partial charge in [-0.2, -0.15) is 0 Å². The average molecular weight is 389 g/mol.